The lowest BCUT2D eigenvalue weighted by molar-refractivity contribution is -0.134. The van der Waals surface area contributed by atoms with Gasteiger partial charge in [-0.15, -0.1) is 10.2 Å². The molecule has 1 aliphatic rings. The van der Waals surface area contributed by atoms with E-state index in [2.05, 4.69) is 24.0 Å². The number of aromatic nitrogens is 2. The molecule has 2 aromatic rings. The van der Waals surface area contributed by atoms with Crippen molar-refractivity contribution < 1.29 is 18.7 Å². The number of rotatable bonds is 6. The van der Waals surface area contributed by atoms with Gasteiger partial charge in [-0.05, 0) is 45.2 Å². The van der Waals surface area contributed by atoms with E-state index in [-0.39, 0.29) is 23.7 Å². The molecule has 0 unspecified atom stereocenters. The quantitative estimate of drug-likeness (QED) is 0.696. The second-order valence-electron chi connectivity index (χ2n) is 6.69. The minimum atomic E-state index is 0.113. The zero-order valence-corrected chi connectivity index (χ0v) is 16.9. The molecule has 2 heterocycles. The van der Waals surface area contributed by atoms with Gasteiger partial charge >= 0.3 is 0 Å². The van der Waals surface area contributed by atoms with Crippen LogP contribution >= 0.6 is 11.8 Å². The van der Waals surface area contributed by atoms with Crippen molar-refractivity contribution in [3.05, 3.63) is 18.2 Å². The summed E-state index contributed by atoms with van der Waals surface area (Å²) in [6.07, 6.45) is 3.29. The summed E-state index contributed by atoms with van der Waals surface area (Å²) >= 11 is 1.27. The Kier molecular flexibility index (Phi) is 6.26. The van der Waals surface area contributed by atoms with Gasteiger partial charge < -0.3 is 18.8 Å². The minimum Gasteiger partial charge on any atom is -0.497 e. The SMILES string of the molecule is COc1cc(OC)cc(-c2nnc(SCC(=O)N3[C@@H](C)CCC[C@@H]3C)o2)c1. The minimum absolute atomic E-state index is 0.113. The van der Waals surface area contributed by atoms with Crippen LogP contribution in [0, 0.1) is 0 Å². The van der Waals surface area contributed by atoms with E-state index < -0.39 is 0 Å². The van der Waals surface area contributed by atoms with Crippen LogP contribution in [0.25, 0.3) is 11.5 Å². The summed E-state index contributed by atoms with van der Waals surface area (Å²) in [4.78, 5) is 14.6. The van der Waals surface area contributed by atoms with Crippen molar-refractivity contribution in [1.29, 1.82) is 0 Å². The predicted octanol–water partition coefficient (Wildman–Crippen LogP) is 3.64. The van der Waals surface area contributed by atoms with Gasteiger partial charge in [-0.25, -0.2) is 0 Å². The molecule has 0 radical (unpaired) electrons. The molecule has 146 valence electrons. The number of ether oxygens (including phenoxy) is 2. The van der Waals surface area contributed by atoms with Crippen molar-refractivity contribution in [1.82, 2.24) is 15.1 Å². The smallest absolute Gasteiger partial charge is 0.277 e. The van der Waals surface area contributed by atoms with E-state index in [1.807, 2.05) is 4.90 Å². The molecule has 0 saturated carbocycles. The van der Waals surface area contributed by atoms with Crippen LogP contribution in [0.4, 0.5) is 0 Å². The molecule has 1 aliphatic heterocycles. The highest BCUT2D eigenvalue weighted by atomic mass is 32.2. The fourth-order valence-corrected chi connectivity index (χ4v) is 4.06. The lowest BCUT2D eigenvalue weighted by Gasteiger charge is -2.39. The summed E-state index contributed by atoms with van der Waals surface area (Å²) in [5.74, 6) is 2.04. The average Bonchev–Trinajstić information content (AvgIpc) is 3.15. The molecule has 3 rings (SSSR count). The number of amides is 1. The molecule has 7 nitrogen and oxygen atoms in total. The third-order valence-electron chi connectivity index (χ3n) is 4.81. The Hall–Kier alpha value is -2.22. The molecule has 0 bridgehead atoms. The number of hydrogen-bond acceptors (Lipinski definition) is 7. The van der Waals surface area contributed by atoms with Gasteiger partial charge in [-0.3, -0.25) is 4.79 Å². The first-order valence-corrected chi connectivity index (χ1v) is 10.0. The molecule has 2 atom stereocenters. The first kappa shape index (κ1) is 19.5. The summed E-state index contributed by atoms with van der Waals surface area (Å²) in [5, 5.41) is 8.51. The number of hydrogen-bond donors (Lipinski definition) is 0. The number of carbonyl (C=O) groups is 1. The predicted molar refractivity (Wildman–Crippen MR) is 103 cm³/mol. The first-order chi connectivity index (χ1) is 13.0. The maximum atomic E-state index is 12.6. The molecule has 1 fully saturated rings. The van der Waals surface area contributed by atoms with E-state index in [0.29, 0.717) is 28.2 Å². The molecule has 0 aliphatic carbocycles. The van der Waals surface area contributed by atoms with Crippen LogP contribution in [0.3, 0.4) is 0 Å². The van der Waals surface area contributed by atoms with Gasteiger partial charge in [0.25, 0.3) is 5.22 Å². The van der Waals surface area contributed by atoms with Gasteiger partial charge in [0, 0.05) is 23.7 Å². The van der Waals surface area contributed by atoms with Gasteiger partial charge in [-0.1, -0.05) is 11.8 Å². The highest BCUT2D eigenvalue weighted by Crippen LogP contribution is 2.31. The van der Waals surface area contributed by atoms with E-state index in [1.165, 1.54) is 18.2 Å². The molecule has 1 aromatic carbocycles. The average molecular weight is 391 g/mol. The van der Waals surface area contributed by atoms with Crippen LogP contribution in [0.5, 0.6) is 11.5 Å². The number of carbonyl (C=O) groups excluding carboxylic acids is 1. The topological polar surface area (TPSA) is 77.7 Å². The number of nitrogens with zero attached hydrogens (tertiary/aromatic N) is 3. The van der Waals surface area contributed by atoms with Crippen LogP contribution in [0.2, 0.25) is 0 Å². The lowest BCUT2D eigenvalue weighted by Crippen LogP contribution is -2.48. The number of methoxy groups -OCH3 is 2. The number of benzene rings is 1. The molecular weight excluding hydrogens is 366 g/mol. The maximum absolute atomic E-state index is 12.6. The molecule has 0 N–H and O–H groups in total. The van der Waals surface area contributed by atoms with Crippen molar-refractivity contribution in [2.24, 2.45) is 0 Å². The fourth-order valence-electron chi connectivity index (χ4n) is 3.43. The third kappa shape index (κ3) is 4.55. The van der Waals surface area contributed by atoms with Gasteiger partial charge in [-0.2, -0.15) is 0 Å². The van der Waals surface area contributed by atoms with E-state index in [1.54, 1.807) is 32.4 Å². The monoisotopic (exact) mass is 391 g/mol. The van der Waals surface area contributed by atoms with Crippen molar-refractivity contribution in [3.63, 3.8) is 0 Å². The Balaban J connectivity index is 1.67. The maximum Gasteiger partial charge on any atom is 0.277 e. The zero-order valence-electron chi connectivity index (χ0n) is 16.1. The summed E-state index contributed by atoms with van der Waals surface area (Å²) in [5.41, 5.74) is 0.704. The van der Waals surface area contributed by atoms with Crippen LogP contribution in [-0.4, -0.2) is 53.1 Å². The lowest BCUT2D eigenvalue weighted by atomic mass is 9.98. The molecule has 1 amide bonds. The molecule has 1 aromatic heterocycles. The van der Waals surface area contributed by atoms with Gasteiger partial charge in [0.05, 0.1) is 20.0 Å². The van der Waals surface area contributed by atoms with Gasteiger partial charge in [0.15, 0.2) is 0 Å². The molecule has 1 saturated heterocycles. The van der Waals surface area contributed by atoms with E-state index in [4.69, 9.17) is 13.9 Å². The second-order valence-corrected chi connectivity index (χ2v) is 7.62. The van der Waals surface area contributed by atoms with E-state index in [0.717, 1.165) is 12.8 Å². The van der Waals surface area contributed by atoms with Crippen molar-refractivity contribution >= 4 is 17.7 Å². The highest BCUT2D eigenvalue weighted by Gasteiger charge is 2.29. The fraction of sp³-hybridized carbons (Fsp3) is 0.526. The number of thioether (sulfide) groups is 1. The third-order valence-corrected chi connectivity index (χ3v) is 5.61. The highest BCUT2D eigenvalue weighted by molar-refractivity contribution is 7.99. The van der Waals surface area contributed by atoms with Crippen molar-refractivity contribution in [2.45, 2.75) is 50.4 Å². The summed E-state index contributed by atoms with van der Waals surface area (Å²) in [6.45, 7) is 4.22. The zero-order chi connectivity index (χ0) is 19.4. The van der Waals surface area contributed by atoms with Crippen molar-refractivity contribution in [2.75, 3.05) is 20.0 Å². The van der Waals surface area contributed by atoms with Gasteiger partial charge in [0.1, 0.15) is 11.5 Å². The van der Waals surface area contributed by atoms with E-state index >= 15 is 0 Å². The normalized spacial score (nSPS) is 19.8. The Morgan fingerprint density at radius 1 is 1.15 bits per heavy atom. The Bertz CT molecular complexity index is 763. The van der Waals surface area contributed by atoms with Crippen LogP contribution in [0.1, 0.15) is 33.1 Å². The summed E-state index contributed by atoms with van der Waals surface area (Å²) in [6, 6.07) is 5.93. The molecule has 27 heavy (non-hydrogen) atoms. The number of likely N-dealkylation sites (tertiary alicyclic amines) is 1. The second kappa shape index (κ2) is 8.65. The first-order valence-electron chi connectivity index (χ1n) is 9.02. The van der Waals surface area contributed by atoms with E-state index in [9.17, 15) is 4.79 Å². The van der Waals surface area contributed by atoms with Gasteiger partial charge in [0.2, 0.25) is 11.8 Å². The molecule has 0 spiro atoms. The summed E-state index contributed by atoms with van der Waals surface area (Å²) in [7, 11) is 3.17. The Labute approximate surface area is 163 Å². The van der Waals surface area contributed by atoms with Crippen molar-refractivity contribution in [3.8, 4) is 23.0 Å². The Morgan fingerprint density at radius 2 is 1.78 bits per heavy atom. The molecular formula is C19H25N3O4S. The van der Waals surface area contributed by atoms with Crippen LogP contribution in [0.15, 0.2) is 27.8 Å². The number of piperidine rings is 1. The Morgan fingerprint density at radius 3 is 2.37 bits per heavy atom. The summed E-state index contributed by atoms with van der Waals surface area (Å²) < 4.78 is 16.3. The standard InChI is InChI=1S/C19H25N3O4S/c1-12-6-5-7-13(2)22(12)17(23)11-27-19-21-20-18(26-19)14-8-15(24-3)10-16(9-14)25-4/h8-10,12-13H,5-7,11H2,1-4H3/t12-,13-/m0/s1. The largest absolute Gasteiger partial charge is 0.497 e. The van der Waals surface area contributed by atoms with Crippen LogP contribution < -0.4 is 9.47 Å². The van der Waals surface area contributed by atoms with Crippen LogP contribution in [-0.2, 0) is 4.79 Å². The molecule has 8 heteroatoms.